The van der Waals surface area contributed by atoms with E-state index in [0.29, 0.717) is 55.7 Å². The Morgan fingerprint density at radius 3 is 2.37 bits per heavy atom. The molecule has 1 saturated carbocycles. The number of aromatic nitrogens is 1. The van der Waals surface area contributed by atoms with Crippen molar-refractivity contribution in [2.75, 3.05) is 16.9 Å². The summed E-state index contributed by atoms with van der Waals surface area (Å²) in [5.74, 6) is -6.48. The Labute approximate surface area is 348 Å². The smallest absolute Gasteiger partial charge is 0.260 e. The number of carbonyl (C=O) groups excluding carboxylic acids is 4. The first-order valence-electron chi connectivity index (χ1n) is 19.7. The van der Waals surface area contributed by atoms with E-state index < -0.39 is 58.5 Å². The Bertz CT molecular complexity index is 2740. The number of hydrogen-bond donors (Lipinski definition) is 2. The molecule has 10 rings (SSSR count). The van der Waals surface area contributed by atoms with Gasteiger partial charge in [-0.1, -0.05) is 59.6 Å². The highest BCUT2D eigenvalue weighted by Gasteiger charge is 2.70. The molecule has 0 spiro atoms. The molecule has 11 nitrogen and oxygen atoms in total. The van der Waals surface area contributed by atoms with Crippen molar-refractivity contribution < 1.29 is 37.8 Å². The number of imide groups is 2. The molecule has 5 aromatic carbocycles. The van der Waals surface area contributed by atoms with E-state index in [-0.39, 0.29) is 36.9 Å². The van der Waals surface area contributed by atoms with E-state index in [1.54, 1.807) is 73.7 Å². The molecule has 2 aliphatic heterocycles. The highest BCUT2D eigenvalue weighted by molar-refractivity contribution is 6.30. The first-order chi connectivity index (χ1) is 29.1. The number of oxazole rings is 1. The quantitative estimate of drug-likeness (QED) is 0.114. The van der Waals surface area contributed by atoms with Gasteiger partial charge in [-0.3, -0.25) is 29.5 Å². The number of nitrogens with zero attached hydrogens (tertiary/aromatic N) is 3. The van der Waals surface area contributed by atoms with Crippen LogP contribution in [-0.4, -0.2) is 45.3 Å². The van der Waals surface area contributed by atoms with Crippen molar-refractivity contribution in [3.05, 3.63) is 149 Å². The second kappa shape index (κ2) is 14.2. The van der Waals surface area contributed by atoms with E-state index in [1.165, 1.54) is 29.2 Å². The number of para-hydroxylation sites is 3. The first-order valence-corrected chi connectivity index (χ1v) is 20.1. The van der Waals surface area contributed by atoms with E-state index in [0.717, 1.165) is 5.01 Å². The number of nitrogens with one attached hydrogen (secondary N) is 1. The second-order valence-corrected chi connectivity index (χ2v) is 16.0. The fourth-order valence-corrected chi connectivity index (χ4v) is 10.2. The molecule has 3 fully saturated rings. The van der Waals surface area contributed by atoms with E-state index in [1.807, 2.05) is 30.3 Å². The van der Waals surface area contributed by atoms with Crippen molar-refractivity contribution in [2.45, 2.75) is 31.1 Å². The Balaban J connectivity index is 1.09. The summed E-state index contributed by atoms with van der Waals surface area (Å²) in [6, 6.07) is 31.3. The lowest BCUT2D eigenvalue weighted by Gasteiger charge is -2.50. The highest BCUT2D eigenvalue weighted by Crippen LogP contribution is 2.65. The summed E-state index contributed by atoms with van der Waals surface area (Å²) >= 11 is 6.41. The molecule has 3 heterocycles. The van der Waals surface area contributed by atoms with Gasteiger partial charge in [0.25, 0.3) is 11.8 Å². The maximum atomic E-state index is 15.4. The number of benzene rings is 5. The SMILES string of the molecule is CCOc1cccc([C@H]2C3=CC[C@@H]4C(=O)N(c5ccc(-c6nc7ccccc7o6)cc5)C(=O)[C@@H]4[C@@H]3C[C@H]3C(=O)N(Nc4ccc(F)cc4)C(=O)[C@@]23c2ccc(Cl)cc2)c1O. The van der Waals surface area contributed by atoms with Gasteiger partial charge < -0.3 is 14.3 Å². The molecular weight excluding hydrogens is 787 g/mol. The van der Waals surface area contributed by atoms with Crippen molar-refractivity contribution >= 4 is 57.7 Å². The van der Waals surface area contributed by atoms with Crippen molar-refractivity contribution in [2.24, 2.45) is 23.7 Å². The summed E-state index contributed by atoms with van der Waals surface area (Å²) in [6.45, 7) is 2.03. The fourth-order valence-electron chi connectivity index (χ4n) is 10.0. The van der Waals surface area contributed by atoms with Crippen LogP contribution in [0.5, 0.6) is 11.5 Å². The zero-order chi connectivity index (χ0) is 41.4. The minimum atomic E-state index is -1.67. The molecule has 13 heteroatoms. The molecule has 0 bridgehead atoms. The third-order valence-corrected chi connectivity index (χ3v) is 12.8. The van der Waals surface area contributed by atoms with Crippen LogP contribution >= 0.6 is 11.6 Å². The molecule has 0 radical (unpaired) electrons. The highest BCUT2D eigenvalue weighted by atomic mass is 35.5. The molecule has 1 aromatic heterocycles. The lowest BCUT2D eigenvalue weighted by atomic mass is 9.49. The summed E-state index contributed by atoms with van der Waals surface area (Å²) in [5, 5.41) is 13.4. The maximum absolute atomic E-state index is 15.4. The Morgan fingerprint density at radius 1 is 0.883 bits per heavy atom. The number of ether oxygens (including phenoxy) is 1. The molecule has 6 atom stereocenters. The van der Waals surface area contributed by atoms with Gasteiger partial charge in [-0.15, -0.1) is 0 Å². The molecular formula is C47H36ClFN4O7. The molecule has 2 N–H and O–H groups in total. The number of halogens is 2. The number of carbonyl (C=O) groups is 4. The van der Waals surface area contributed by atoms with Crippen molar-refractivity contribution in [1.82, 2.24) is 9.99 Å². The van der Waals surface area contributed by atoms with Gasteiger partial charge in [0.1, 0.15) is 11.3 Å². The number of amides is 4. The summed E-state index contributed by atoms with van der Waals surface area (Å²) < 4.78 is 25.8. The van der Waals surface area contributed by atoms with Crippen molar-refractivity contribution in [3.63, 3.8) is 0 Å². The average Bonchev–Trinajstić information content (AvgIpc) is 3.87. The van der Waals surface area contributed by atoms with Crippen molar-refractivity contribution in [3.8, 4) is 23.0 Å². The first kappa shape index (κ1) is 37.5. The number of hydrazine groups is 1. The maximum Gasteiger partial charge on any atom is 0.260 e. The zero-order valence-corrected chi connectivity index (χ0v) is 32.8. The van der Waals surface area contributed by atoms with Crippen LogP contribution in [0.1, 0.15) is 36.8 Å². The molecule has 300 valence electrons. The molecule has 60 heavy (non-hydrogen) atoms. The van der Waals surface area contributed by atoms with Crippen LogP contribution in [0.15, 0.2) is 131 Å². The van der Waals surface area contributed by atoms with Crippen LogP contribution in [0.3, 0.4) is 0 Å². The monoisotopic (exact) mass is 822 g/mol. The largest absolute Gasteiger partial charge is 0.504 e. The lowest BCUT2D eigenvalue weighted by Crippen LogP contribution is -2.53. The molecule has 2 saturated heterocycles. The van der Waals surface area contributed by atoms with Crippen LogP contribution in [0.2, 0.25) is 5.02 Å². The standard InChI is InChI=1S/C47H36ClFN4O7/c1-2-59-38-9-5-6-33(41(38)54)40-31-22-23-32-39(45(57)52(43(32)55)30-20-10-25(11-21-30)42-50-36-7-3-4-8-37(36)60-42)34(31)24-35-44(56)53(51-29-18-16-28(49)17-19-29)46(58)47(35,40)26-12-14-27(48)15-13-26/h3-22,32,34-35,39-40,51,54H,2,23-24H2,1H3/t32-,34+,35-,39-,40+,47+/m0/s1. The molecule has 4 amide bonds. The van der Waals surface area contributed by atoms with Crippen LogP contribution in [0, 0.1) is 29.5 Å². The van der Waals surface area contributed by atoms with Gasteiger partial charge in [0.2, 0.25) is 17.7 Å². The third-order valence-electron chi connectivity index (χ3n) is 12.6. The van der Waals surface area contributed by atoms with Gasteiger partial charge >= 0.3 is 0 Å². The van der Waals surface area contributed by atoms with Gasteiger partial charge in [-0.05, 0) is 110 Å². The van der Waals surface area contributed by atoms with Crippen LogP contribution in [-0.2, 0) is 24.6 Å². The van der Waals surface area contributed by atoms with E-state index in [2.05, 4.69) is 10.4 Å². The molecule has 2 aliphatic carbocycles. The summed E-state index contributed by atoms with van der Waals surface area (Å²) in [4.78, 5) is 65.4. The lowest BCUT2D eigenvalue weighted by molar-refractivity contribution is -0.138. The number of phenols is 1. The number of aromatic hydroxyl groups is 1. The second-order valence-electron chi connectivity index (χ2n) is 15.5. The number of fused-ring (bicyclic) bond motifs is 5. The third kappa shape index (κ3) is 5.57. The minimum absolute atomic E-state index is 0.0354. The summed E-state index contributed by atoms with van der Waals surface area (Å²) in [5.41, 5.74) is 5.41. The number of anilines is 2. The Morgan fingerprint density at radius 2 is 1.63 bits per heavy atom. The number of rotatable bonds is 8. The van der Waals surface area contributed by atoms with Gasteiger partial charge in [0, 0.05) is 22.1 Å². The van der Waals surface area contributed by atoms with Gasteiger partial charge in [-0.2, -0.15) is 5.01 Å². The van der Waals surface area contributed by atoms with E-state index >= 15 is 4.79 Å². The normalized spacial score (nSPS) is 24.6. The number of phenolic OH excluding ortho intramolecular Hbond substituents is 1. The molecule has 4 aliphatic rings. The Kier molecular flexibility index (Phi) is 8.87. The predicted molar refractivity (Wildman–Crippen MR) is 220 cm³/mol. The van der Waals surface area contributed by atoms with E-state index in [9.17, 15) is 23.9 Å². The summed E-state index contributed by atoms with van der Waals surface area (Å²) in [7, 11) is 0. The van der Waals surface area contributed by atoms with Gasteiger partial charge in [-0.25, -0.2) is 9.37 Å². The number of hydrogen-bond acceptors (Lipinski definition) is 9. The van der Waals surface area contributed by atoms with Crippen molar-refractivity contribution in [1.29, 1.82) is 0 Å². The fraction of sp³-hybridized carbons (Fsp3) is 0.213. The zero-order valence-electron chi connectivity index (χ0n) is 32.0. The van der Waals surface area contributed by atoms with Gasteiger partial charge in [0.15, 0.2) is 17.1 Å². The summed E-state index contributed by atoms with van der Waals surface area (Å²) in [6.07, 6.45) is 2.13. The topological polar surface area (TPSA) is 142 Å². The molecule has 6 aromatic rings. The van der Waals surface area contributed by atoms with Crippen LogP contribution < -0.4 is 15.1 Å². The van der Waals surface area contributed by atoms with Crippen LogP contribution in [0.4, 0.5) is 15.8 Å². The number of allylic oxidation sites excluding steroid dienone is 2. The minimum Gasteiger partial charge on any atom is -0.504 e. The predicted octanol–water partition coefficient (Wildman–Crippen LogP) is 8.58. The van der Waals surface area contributed by atoms with E-state index in [4.69, 9.17) is 20.8 Å². The average molecular weight is 823 g/mol. The Hall–Kier alpha value is -6.79. The van der Waals surface area contributed by atoms with Gasteiger partial charge in [0.05, 0.1) is 41.2 Å². The molecule has 0 unspecified atom stereocenters. The van der Waals surface area contributed by atoms with Crippen LogP contribution in [0.25, 0.3) is 22.6 Å².